The lowest BCUT2D eigenvalue weighted by Gasteiger charge is -2.25. The van der Waals surface area contributed by atoms with Crippen molar-refractivity contribution in [1.82, 2.24) is 9.88 Å². The maximum Gasteiger partial charge on any atom is 0.267 e. The van der Waals surface area contributed by atoms with Crippen molar-refractivity contribution in [1.29, 1.82) is 0 Å². The van der Waals surface area contributed by atoms with Crippen LogP contribution in [0.25, 0.3) is 11.1 Å². The summed E-state index contributed by atoms with van der Waals surface area (Å²) in [6.07, 6.45) is 2.97. The smallest absolute Gasteiger partial charge is 0.267 e. The summed E-state index contributed by atoms with van der Waals surface area (Å²) in [6, 6.07) is 15.5. The third kappa shape index (κ3) is 3.90. The largest absolute Gasteiger partial charge is 0.496 e. The van der Waals surface area contributed by atoms with Crippen LogP contribution in [0.15, 0.2) is 67.0 Å². The molecular formula is C24H22F2N2O2. The number of methoxy groups -OCH3 is 1. The second kappa shape index (κ2) is 7.86. The molecule has 4 rings (SSSR count). The molecule has 0 spiro atoms. The Kier molecular flexibility index (Phi) is 5.24. The fourth-order valence-corrected chi connectivity index (χ4v) is 3.97. The summed E-state index contributed by atoms with van der Waals surface area (Å²) >= 11 is 0. The molecule has 3 aromatic rings. The van der Waals surface area contributed by atoms with E-state index in [2.05, 4.69) is 4.98 Å². The zero-order chi connectivity index (χ0) is 21.3. The Bertz CT molecular complexity index is 1070. The maximum atomic E-state index is 14.3. The average Bonchev–Trinajstić information content (AvgIpc) is 3.09. The topological polar surface area (TPSA) is 42.4 Å². The summed E-state index contributed by atoms with van der Waals surface area (Å²) in [5.41, 5.74) is 3.71. The molecule has 30 heavy (non-hydrogen) atoms. The molecule has 0 bridgehead atoms. The molecule has 0 N–H and O–H groups in total. The highest BCUT2D eigenvalue weighted by molar-refractivity contribution is 5.96. The van der Waals surface area contributed by atoms with Gasteiger partial charge in [-0.2, -0.15) is 0 Å². The first-order chi connectivity index (χ1) is 14.4. The molecule has 2 aromatic carbocycles. The zero-order valence-corrected chi connectivity index (χ0v) is 16.8. The van der Waals surface area contributed by atoms with Crippen LogP contribution in [-0.2, 0) is 0 Å². The van der Waals surface area contributed by atoms with Crippen molar-refractivity contribution >= 4 is 5.91 Å². The standard InChI is InChI=1S/C24H22F2N2O2/c1-16-4-3-5-18(12-16)21-14-24(25,26)15-28(21)23(29)19-6-7-20(22(13-19)30-2)17-8-10-27-11-9-17/h3-13,21H,14-15H2,1-2H3. The van der Waals surface area contributed by atoms with Gasteiger partial charge in [-0.3, -0.25) is 9.78 Å². The molecule has 1 fully saturated rings. The number of halogens is 2. The number of alkyl halides is 2. The van der Waals surface area contributed by atoms with Crippen LogP contribution in [-0.4, -0.2) is 35.4 Å². The molecule has 1 aliphatic rings. The first-order valence-corrected chi connectivity index (χ1v) is 9.72. The monoisotopic (exact) mass is 408 g/mol. The number of aryl methyl sites for hydroxylation is 1. The number of rotatable bonds is 4. The van der Waals surface area contributed by atoms with Crippen molar-refractivity contribution < 1.29 is 18.3 Å². The Balaban J connectivity index is 1.69. The number of aromatic nitrogens is 1. The third-order valence-electron chi connectivity index (χ3n) is 5.40. The van der Waals surface area contributed by atoms with Gasteiger partial charge in [0.25, 0.3) is 11.8 Å². The van der Waals surface area contributed by atoms with Crippen LogP contribution in [0.4, 0.5) is 8.78 Å². The molecule has 1 atom stereocenters. The zero-order valence-electron chi connectivity index (χ0n) is 16.8. The van der Waals surface area contributed by atoms with Crippen molar-refractivity contribution in [3.63, 3.8) is 0 Å². The molecular weight excluding hydrogens is 386 g/mol. The summed E-state index contributed by atoms with van der Waals surface area (Å²) in [7, 11) is 1.52. The van der Waals surface area contributed by atoms with Crippen LogP contribution < -0.4 is 4.74 Å². The summed E-state index contributed by atoms with van der Waals surface area (Å²) in [6.45, 7) is 1.31. The van der Waals surface area contributed by atoms with Crippen molar-refractivity contribution in [2.24, 2.45) is 0 Å². The fraction of sp³-hybridized carbons (Fsp3) is 0.250. The summed E-state index contributed by atoms with van der Waals surface area (Å²) in [5, 5.41) is 0. The number of nitrogens with zero attached hydrogens (tertiary/aromatic N) is 2. The minimum Gasteiger partial charge on any atom is -0.496 e. The van der Waals surface area contributed by atoms with E-state index in [1.807, 2.05) is 37.3 Å². The van der Waals surface area contributed by atoms with Crippen LogP contribution >= 0.6 is 0 Å². The van der Waals surface area contributed by atoms with E-state index in [0.717, 1.165) is 22.3 Å². The molecule has 1 amide bonds. The van der Waals surface area contributed by atoms with Gasteiger partial charge in [0.15, 0.2) is 0 Å². The second-order valence-corrected chi connectivity index (χ2v) is 7.57. The number of carbonyl (C=O) groups is 1. The van der Waals surface area contributed by atoms with E-state index in [0.29, 0.717) is 11.3 Å². The van der Waals surface area contributed by atoms with E-state index in [-0.39, 0.29) is 6.42 Å². The molecule has 4 nitrogen and oxygen atoms in total. The fourth-order valence-electron chi connectivity index (χ4n) is 3.97. The number of hydrogen-bond donors (Lipinski definition) is 0. The Labute approximate surface area is 174 Å². The Morgan fingerprint density at radius 3 is 2.60 bits per heavy atom. The summed E-state index contributed by atoms with van der Waals surface area (Å²) in [4.78, 5) is 18.5. The number of likely N-dealkylation sites (tertiary alicyclic amines) is 1. The molecule has 1 aliphatic heterocycles. The predicted molar refractivity (Wildman–Crippen MR) is 111 cm³/mol. The van der Waals surface area contributed by atoms with Crippen molar-refractivity contribution in [2.45, 2.75) is 25.3 Å². The van der Waals surface area contributed by atoms with Gasteiger partial charge in [0.2, 0.25) is 0 Å². The van der Waals surface area contributed by atoms with Gasteiger partial charge in [0, 0.05) is 29.9 Å². The lowest BCUT2D eigenvalue weighted by Crippen LogP contribution is -2.33. The van der Waals surface area contributed by atoms with E-state index < -0.39 is 24.4 Å². The van der Waals surface area contributed by atoms with Gasteiger partial charge in [-0.15, -0.1) is 0 Å². The first kappa shape index (κ1) is 20.0. The van der Waals surface area contributed by atoms with Gasteiger partial charge in [-0.25, -0.2) is 8.78 Å². The average molecular weight is 408 g/mol. The normalized spacial score (nSPS) is 17.7. The SMILES string of the molecule is COc1cc(C(=O)N2CC(F)(F)CC2c2cccc(C)c2)ccc1-c1ccncc1. The highest BCUT2D eigenvalue weighted by Gasteiger charge is 2.47. The Morgan fingerprint density at radius 1 is 1.13 bits per heavy atom. The molecule has 2 heterocycles. The van der Waals surface area contributed by atoms with Gasteiger partial charge in [0.05, 0.1) is 19.7 Å². The molecule has 0 saturated carbocycles. The molecule has 6 heteroatoms. The van der Waals surface area contributed by atoms with Gasteiger partial charge in [-0.05, 0) is 48.4 Å². The second-order valence-electron chi connectivity index (χ2n) is 7.57. The maximum absolute atomic E-state index is 14.3. The van der Waals surface area contributed by atoms with Gasteiger partial charge in [-0.1, -0.05) is 29.8 Å². The number of amides is 1. The van der Waals surface area contributed by atoms with Crippen LogP contribution in [0.1, 0.15) is 33.9 Å². The number of ether oxygens (including phenoxy) is 1. The van der Waals surface area contributed by atoms with Gasteiger partial charge >= 0.3 is 0 Å². The molecule has 0 aliphatic carbocycles. The first-order valence-electron chi connectivity index (χ1n) is 9.72. The van der Waals surface area contributed by atoms with Crippen LogP contribution in [0, 0.1) is 6.92 Å². The van der Waals surface area contributed by atoms with E-state index in [1.54, 1.807) is 36.7 Å². The highest BCUT2D eigenvalue weighted by atomic mass is 19.3. The minimum atomic E-state index is -2.93. The highest BCUT2D eigenvalue weighted by Crippen LogP contribution is 2.42. The number of pyridine rings is 1. The van der Waals surface area contributed by atoms with E-state index in [4.69, 9.17) is 4.74 Å². The van der Waals surface area contributed by atoms with E-state index >= 15 is 0 Å². The van der Waals surface area contributed by atoms with Gasteiger partial charge in [0.1, 0.15) is 5.75 Å². The lowest BCUT2D eigenvalue weighted by atomic mass is 10.00. The molecule has 154 valence electrons. The Morgan fingerprint density at radius 2 is 1.90 bits per heavy atom. The van der Waals surface area contributed by atoms with Gasteiger partial charge < -0.3 is 9.64 Å². The third-order valence-corrected chi connectivity index (χ3v) is 5.40. The number of benzene rings is 2. The lowest BCUT2D eigenvalue weighted by molar-refractivity contribution is 0.0118. The summed E-state index contributed by atoms with van der Waals surface area (Å²) in [5.74, 6) is -2.85. The van der Waals surface area contributed by atoms with Crippen molar-refractivity contribution in [3.05, 3.63) is 83.7 Å². The van der Waals surface area contributed by atoms with Crippen LogP contribution in [0.2, 0.25) is 0 Å². The quantitative estimate of drug-likeness (QED) is 0.589. The number of carbonyl (C=O) groups excluding carboxylic acids is 1. The Hall–Kier alpha value is -3.28. The summed E-state index contributed by atoms with van der Waals surface area (Å²) < 4.78 is 34.1. The molecule has 0 radical (unpaired) electrons. The van der Waals surface area contributed by atoms with Crippen LogP contribution in [0.3, 0.4) is 0 Å². The predicted octanol–water partition coefficient (Wildman–Crippen LogP) is 5.29. The number of hydrogen-bond acceptors (Lipinski definition) is 3. The molecule has 1 saturated heterocycles. The van der Waals surface area contributed by atoms with Crippen LogP contribution in [0.5, 0.6) is 5.75 Å². The van der Waals surface area contributed by atoms with Crippen molar-refractivity contribution in [2.75, 3.05) is 13.7 Å². The molecule has 1 aromatic heterocycles. The minimum absolute atomic E-state index is 0.319. The van der Waals surface area contributed by atoms with Crippen molar-refractivity contribution in [3.8, 4) is 16.9 Å². The van der Waals surface area contributed by atoms with E-state index in [9.17, 15) is 13.6 Å². The van der Waals surface area contributed by atoms with E-state index in [1.165, 1.54) is 12.0 Å². The molecule has 1 unspecified atom stereocenters.